The lowest BCUT2D eigenvalue weighted by Gasteiger charge is -2.25. The highest BCUT2D eigenvalue weighted by Gasteiger charge is 2.27. The monoisotopic (exact) mass is 286 g/mol. The van der Waals surface area contributed by atoms with Crippen LogP contribution in [0.4, 0.5) is 5.69 Å². The summed E-state index contributed by atoms with van der Waals surface area (Å²) in [5, 5.41) is 7.05. The quantitative estimate of drug-likeness (QED) is 0.905. The number of rotatable bonds is 4. The first-order valence-corrected chi connectivity index (χ1v) is 6.99. The fraction of sp³-hybridized carbons (Fsp3) is 0.375. The second kappa shape index (κ2) is 6.10. The van der Waals surface area contributed by atoms with Gasteiger partial charge in [-0.2, -0.15) is 5.10 Å². The third kappa shape index (κ3) is 4.16. The van der Waals surface area contributed by atoms with E-state index in [1.807, 2.05) is 51.1 Å². The lowest BCUT2D eigenvalue weighted by Crippen LogP contribution is -2.45. The second-order valence-corrected chi connectivity index (χ2v) is 6.25. The van der Waals surface area contributed by atoms with Crippen molar-refractivity contribution in [3.05, 3.63) is 48.3 Å². The molecule has 2 rings (SSSR count). The Bertz CT molecular complexity index is 598. The first-order chi connectivity index (χ1) is 9.86. The summed E-state index contributed by atoms with van der Waals surface area (Å²) in [7, 11) is 0. The van der Waals surface area contributed by atoms with E-state index in [1.54, 1.807) is 17.1 Å². The molecular formula is C16H22N4O. The number of nitrogens with one attached hydrogen (secondary N) is 1. The van der Waals surface area contributed by atoms with Gasteiger partial charge in [0.2, 0.25) is 5.91 Å². The molecule has 1 amide bonds. The highest BCUT2D eigenvalue weighted by molar-refractivity contribution is 5.94. The van der Waals surface area contributed by atoms with E-state index in [0.29, 0.717) is 12.2 Å². The summed E-state index contributed by atoms with van der Waals surface area (Å²) in [5.41, 5.74) is 7.48. The Kier molecular flexibility index (Phi) is 4.43. The molecule has 5 heteroatoms. The van der Waals surface area contributed by atoms with Crippen LogP contribution < -0.4 is 11.1 Å². The van der Waals surface area contributed by atoms with E-state index in [-0.39, 0.29) is 11.3 Å². The van der Waals surface area contributed by atoms with Crippen molar-refractivity contribution in [2.24, 2.45) is 11.1 Å². The number of aromatic nitrogens is 2. The van der Waals surface area contributed by atoms with Crippen LogP contribution in [0.5, 0.6) is 0 Å². The standard InChI is InChI=1S/C16H22N4O/c1-16(2,3)14(17)15(21)19-13-9-18-20(11-13)10-12-7-5-4-6-8-12/h4-9,11,14H,10,17H2,1-3H3,(H,19,21). The molecule has 1 atom stereocenters. The molecule has 112 valence electrons. The molecule has 21 heavy (non-hydrogen) atoms. The average molecular weight is 286 g/mol. The van der Waals surface area contributed by atoms with Crippen LogP contribution in [-0.2, 0) is 11.3 Å². The Morgan fingerprint density at radius 3 is 2.62 bits per heavy atom. The van der Waals surface area contributed by atoms with Gasteiger partial charge in [-0.15, -0.1) is 0 Å². The van der Waals surface area contributed by atoms with Crippen LogP contribution in [-0.4, -0.2) is 21.7 Å². The van der Waals surface area contributed by atoms with Crippen molar-refractivity contribution in [1.29, 1.82) is 0 Å². The minimum absolute atomic E-state index is 0.193. The van der Waals surface area contributed by atoms with Gasteiger partial charge in [0, 0.05) is 6.20 Å². The SMILES string of the molecule is CC(C)(C)C(N)C(=O)Nc1cnn(Cc2ccccc2)c1. The molecule has 0 aliphatic rings. The molecule has 1 unspecified atom stereocenters. The predicted octanol–water partition coefficient (Wildman–Crippen LogP) is 2.24. The summed E-state index contributed by atoms with van der Waals surface area (Å²) < 4.78 is 1.79. The van der Waals surface area contributed by atoms with Gasteiger partial charge in [-0.3, -0.25) is 9.48 Å². The molecule has 1 aromatic carbocycles. The van der Waals surface area contributed by atoms with Gasteiger partial charge in [-0.1, -0.05) is 51.1 Å². The largest absolute Gasteiger partial charge is 0.322 e. The molecule has 0 aliphatic heterocycles. The molecule has 2 aromatic rings. The van der Waals surface area contributed by atoms with Gasteiger partial charge in [-0.05, 0) is 11.0 Å². The maximum atomic E-state index is 12.1. The number of nitrogens with zero attached hydrogens (tertiary/aromatic N) is 2. The smallest absolute Gasteiger partial charge is 0.241 e. The molecule has 1 heterocycles. The third-order valence-electron chi connectivity index (χ3n) is 3.30. The highest BCUT2D eigenvalue weighted by Crippen LogP contribution is 2.18. The number of hydrogen-bond donors (Lipinski definition) is 2. The summed E-state index contributed by atoms with van der Waals surface area (Å²) in [6.45, 7) is 6.49. The van der Waals surface area contributed by atoms with Gasteiger partial charge in [0.1, 0.15) is 0 Å². The van der Waals surface area contributed by atoms with Gasteiger partial charge >= 0.3 is 0 Å². The molecule has 0 aliphatic carbocycles. The lowest BCUT2D eigenvalue weighted by atomic mass is 9.87. The number of carbonyl (C=O) groups excluding carboxylic acids is 1. The van der Waals surface area contributed by atoms with E-state index in [2.05, 4.69) is 10.4 Å². The van der Waals surface area contributed by atoms with Crippen LogP contribution in [0, 0.1) is 5.41 Å². The summed E-state index contributed by atoms with van der Waals surface area (Å²) in [6, 6.07) is 9.47. The molecule has 0 saturated heterocycles. The van der Waals surface area contributed by atoms with Crippen molar-refractivity contribution in [2.75, 3.05) is 5.32 Å². The number of hydrogen-bond acceptors (Lipinski definition) is 3. The Morgan fingerprint density at radius 2 is 2.00 bits per heavy atom. The van der Waals surface area contributed by atoms with Crippen molar-refractivity contribution >= 4 is 11.6 Å². The molecule has 0 saturated carbocycles. The van der Waals surface area contributed by atoms with E-state index >= 15 is 0 Å². The predicted molar refractivity (Wildman–Crippen MR) is 83.8 cm³/mol. The summed E-state index contributed by atoms with van der Waals surface area (Å²) >= 11 is 0. The van der Waals surface area contributed by atoms with Gasteiger partial charge < -0.3 is 11.1 Å². The number of anilines is 1. The van der Waals surface area contributed by atoms with Gasteiger partial charge in [0.05, 0.1) is 24.5 Å². The maximum Gasteiger partial charge on any atom is 0.241 e. The summed E-state index contributed by atoms with van der Waals surface area (Å²) in [6.07, 6.45) is 3.44. The van der Waals surface area contributed by atoms with E-state index in [0.717, 1.165) is 5.56 Å². The zero-order valence-corrected chi connectivity index (χ0v) is 12.7. The maximum absolute atomic E-state index is 12.1. The van der Waals surface area contributed by atoms with Gasteiger partial charge in [-0.25, -0.2) is 0 Å². The number of nitrogens with two attached hydrogens (primary N) is 1. The number of amides is 1. The lowest BCUT2D eigenvalue weighted by molar-refractivity contribution is -0.119. The minimum atomic E-state index is -0.560. The zero-order chi connectivity index (χ0) is 15.5. The van der Waals surface area contributed by atoms with Crippen LogP contribution >= 0.6 is 0 Å². The van der Waals surface area contributed by atoms with Crippen molar-refractivity contribution in [2.45, 2.75) is 33.4 Å². The van der Waals surface area contributed by atoms with E-state index < -0.39 is 6.04 Å². The van der Waals surface area contributed by atoms with Gasteiger partial charge in [0.25, 0.3) is 0 Å². The van der Waals surface area contributed by atoms with Crippen LogP contribution in [0.15, 0.2) is 42.7 Å². The molecular weight excluding hydrogens is 264 g/mol. The van der Waals surface area contributed by atoms with Crippen LogP contribution in [0.25, 0.3) is 0 Å². The molecule has 0 radical (unpaired) electrons. The van der Waals surface area contributed by atoms with E-state index in [4.69, 9.17) is 5.73 Å². The first-order valence-electron chi connectivity index (χ1n) is 6.99. The fourth-order valence-corrected chi connectivity index (χ4v) is 1.90. The van der Waals surface area contributed by atoms with E-state index in [1.165, 1.54) is 0 Å². The Hall–Kier alpha value is -2.14. The topological polar surface area (TPSA) is 72.9 Å². The molecule has 0 fully saturated rings. The van der Waals surface area contributed by atoms with Crippen LogP contribution in [0.2, 0.25) is 0 Å². The minimum Gasteiger partial charge on any atom is -0.322 e. The first kappa shape index (κ1) is 15.3. The highest BCUT2D eigenvalue weighted by atomic mass is 16.2. The third-order valence-corrected chi connectivity index (χ3v) is 3.30. The fourth-order valence-electron chi connectivity index (χ4n) is 1.90. The van der Waals surface area contributed by atoms with Crippen molar-refractivity contribution < 1.29 is 4.79 Å². The van der Waals surface area contributed by atoms with Gasteiger partial charge in [0.15, 0.2) is 0 Å². The Labute approximate surface area is 125 Å². The van der Waals surface area contributed by atoms with Crippen molar-refractivity contribution in [3.8, 4) is 0 Å². The molecule has 5 nitrogen and oxygen atoms in total. The Morgan fingerprint density at radius 1 is 1.33 bits per heavy atom. The molecule has 0 spiro atoms. The molecule has 1 aromatic heterocycles. The van der Waals surface area contributed by atoms with Crippen LogP contribution in [0.3, 0.4) is 0 Å². The Balaban J connectivity index is 1.99. The normalized spacial score (nSPS) is 13.0. The molecule has 0 bridgehead atoms. The number of carbonyl (C=O) groups is 1. The van der Waals surface area contributed by atoms with Crippen molar-refractivity contribution in [1.82, 2.24) is 9.78 Å². The zero-order valence-electron chi connectivity index (χ0n) is 12.7. The van der Waals surface area contributed by atoms with Crippen LogP contribution in [0.1, 0.15) is 26.3 Å². The van der Waals surface area contributed by atoms with Crippen molar-refractivity contribution in [3.63, 3.8) is 0 Å². The van der Waals surface area contributed by atoms with E-state index in [9.17, 15) is 4.79 Å². The average Bonchev–Trinajstić information content (AvgIpc) is 2.85. The number of benzene rings is 1. The molecule has 3 N–H and O–H groups in total. The second-order valence-electron chi connectivity index (χ2n) is 6.25. The summed E-state index contributed by atoms with van der Waals surface area (Å²) in [5.74, 6) is -0.193. The summed E-state index contributed by atoms with van der Waals surface area (Å²) in [4.78, 5) is 12.1.